The van der Waals surface area contributed by atoms with Gasteiger partial charge in [0.25, 0.3) is 20.2 Å². The van der Waals surface area contributed by atoms with Crippen LogP contribution in [0.25, 0.3) is 10.8 Å². The number of phenols is 1. The van der Waals surface area contributed by atoms with E-state index in [9.17, 15) is 26.5 Å². The zero-order valence-corrected chi connectivity index (χ0v) is 35.4. The third-order valence-corrected chi connectivity index (χ3v) is 11.1. The van der Waals surface area contributed by atoms with E-state index < -0.39 is 36.6 Å². The fraction of sp³-hybridized carbons (Fsp3) is 0.359. The van der Waals surface area contributed by atoms with E-state index in [4.69, 9.17) is 4.55 Å². The van der Waals surface area contributed by atoms with Gasteiger partial charge in [0.2, 0.25) is 17.8 Å². The minimum absolute atomic E-state index is 0.230. The maximum absolute atomic E-state index is 12.6. The number of phenolic OH excluding ortho intramolecular Hbond substituents is 1. The Morgan fingerprint density at radius 1 is 0.600 bits per heavy atom. The van der Waals surface area contributed by atoms with E-state index >= 15 is 0 Å². The van der Waals surface area contributed by atoms with Gasteiger partial charge >= 0.3 is 0 Å². The number of hydrogen-bond donors (Lipinski definition) is 6. The van der Waals surface area contributed by atoms with Gasteiger partial charge in [0.15, 0.2) is 5.75 Å². The minimum Gasteiger partial charge on any atom is -0.505 e. The molecule has 0 amide bonds. The quantitative estimate of drug-likeness (QED) is 0.0218. The van der Waals surface area contributed by atoms with Crippen LogP contribution in [0.15, 0.2) is 103 Å². The number of fused-ring (bicyclic) bond motifs is 1. The van der Waals surface area contributed by atoms with Crippen molar-refractivity contribution in [2.45, 2.75) is 50.3 Å². The second-order valence-corrected chi connectivity index (χ2v) is 16.2. The van der Waals surface area contributed by atoms with E-state index in [0.717, 1.165) is 52.1 Å². The Bertz CT molecular complexity index is 2460. The standard InChI is InChI=1S/C39H50N12O7S2/c1-5-50(6-2)23-9-21-40-37-43-38(41-22-10-24-51(7-3)8-4)45-39(44-37)42-31-17-20-33-27(25-31)26-34(60(56,57)58)35(36(33)52)49-48-29-13-11-28(12-14-29)46-47-30-15-18-32(19-16-30)59(53,54)55/h11-20,25-26,52H,5-10,21-24H2,1-4H3,(H,53,54,55)(H,56,57,58)(H3,40,41,42,43,44,45). The molecule has 0 unspecified atom stereocenters. The molecule has 1 heterocycles. The number of azo groups is 2. The second-order valence-electron chi connectivity index (χ2n) is 13.4. The van der Waals surface area contributed by atoms with Crippen molar-refractivity contribution >= 4 is 77.3 Å². The third-order valence-electron chi connectivity index (χ3n) is 9.41. The highest BCUT2D eigenvalue weighted by molar-refractivity contribution is 7.86. The van der Waals surface area contributed by atoms with Crippen molar-refractivity contribution in [3.05, 3.63) is 72.8 Å². The van der Waals surface area contributed by atoms with Gasteiger partial charge in [0.1, 0.15) is 10.6 Å². The predicted octanol–water partition coefficient (Wildman–Crippen LogP) is 8.09. The lowest BCUT2D eigenvalue weighted by Crippen LogP contribution is -2.26. The van der Waals surface area contributed by atoms with Crippen molar-refractivity contribution < 1.29 is 31.0 Å². The van der Waals surface area contributed by atoms with Crippen LogP contribution >= 0.6 is 0 Å². The average Bonchev–Trinajstić information content (AvgIpc) is 3.22. The molecule has 19 nitrogen and oxygen atoms in total. The van der Waals surface area contributed by atoms with Crippen molar-refractivity contribution in [3.8, 4) is 5.75 Å². The summed E-state index contributed by atoms with van der Waals surface area (Å²) in [6.45, 7) is 15.5. The van der Waals surface area contributed by atoms with Gasteiger partial charge in [-0.25, -0.2) is 0 Å². The first-order valence-corrected chi connectivity index (χ1v) is 22.3. The van der Waals surface area contributed by atoms with Gasteiger partial charge in [-0.05, 0) is 130 Å². The van der Waals surface area contributed by atoms with Crippen LogP contribution in [-0.2, 0) is 20.2 Å². The topological polar surface area (TPSA) is 260 Å². The van der Waals surface area contributed by atoms with Crippen LogP contribution in [0.4, 0.5) is 46.3 Å². The monoisotopic (exact) mass is 862 g/mol. The van der Waals surface area contributed by atoms with Gasteiger partial charge in [0, 0.05) is 24.2 Å². The van der Waals surface area contributed by atoms with E-state index in [1.807, 2.05) is 0 Å². The molecule has 0 aliphatic carbocycles. The van der Waals surface area contributed by atoms with Gasteiger partial charge in [-0.3, -0.25) is 9.11 Å². The molecule has 21 heteroatoms. The molecular formula is C39H50N12O7S2. The molecule has 5 aromatic rings. The van der Waals surface area contributed by atoms with Gasteiger partial charge < -0.3 is 30.9 Å². The highest BCUT2D eigenvalue weighted by atomic mass is 32.2. The van der Waals surface area contributed by atoms with Crippen molar-refractivity contribution in [1.82, 2.24) is 24.8 Å². The molecule has 60 heavy (non-hydrogen) atoms. The Labute approximate surface area is 349 Å². The lowest BCUT2D eigenvalue weighted by molar-refractivity contribution is 0.303. The fourth-order valence-corrected chi connectivity index (χ4v) is 7.16. The van der Waals surface area contributed by atoms with Gasteiger partial charge in [-0.1, -0.05) is 27.7 Å². The smallest absolute Gasteiger partial charge is 0.296 e. The Kier molecular flexibility index (Phi) is 15.9. The molecule has 6 N–H and O–H groups in total. The van der Waals surface area contributed by atoms with Crippen LogP contribution in [0.2, 0.25) is 0 Å². The molecule has 4 aromatic carbocycles. The predicted molar refractivity (Wildman–Crippen MR) is 231 cm³/mol. The Hall–Kier alpha value is -5.71. The minimum atomic E-state index is -4.89. The normalized spacial score (nSPS) is 12.3. The average molecular weight is 863 g/mol. The van der Waals surface area contributed by atoms with E-state index in [0.29, 0.717) is 42.0 Å². The fourth-order valence-electron chi connectivity index (χ4n) is 6.02. The first kappa shape index (κ1) is 45.4. The largest absolute Gasteiger partial charge is 0.505 e. The molecule has 1 aromatic heterocycles. The number of aromatic hydroxyl groups is 1. The zero-order valence-electron chi connectivity index (χ0n) is 33.8. The maximum Gasteiger partial charge on any atom is 0.296 e. The van der Waals surface area contributed by atoms with E-state index in [1.165, 1.54) is 42.5 Å². The summed E-state index contributed by atoms with van der Waals surface area (Å²) in [7, 11) is -9.23. The van der Waals surface area contributed by atoms with Gasteiger partial charge in [-0.15, -0.1) is 5.11 Å². The molecule has 0 radical (unpaired) electrons. The van der Waals surface area contributed by atoms with Crippen molar-refractivity contribution in [1.29, 1.82) is 0 Å². The summed E-state index contributed by atoms with van der Waals surface area (Å²) in [6.07, 6.45) is 1.77. The number of nitrogens with zero attached hydrogens (tertiary/aromatic N) is 9. The van der Waals surface area contributed by atoms with Crippen molar-refractivity contribution in [2.24, 2.45) is 20.5 Å². The summed E-state index contributed by atoms with van der Waals surface area (Å²) in [4.78, 5) is 17.5. The van der Waals surface area contributed by atoms with E-state index in [-0.39, 0.29) is 27.3 Å². The number of rotatable bonds is 22. The van der Waals surface area contributed by atoms with Crippen LogP contribution in [-0.4, -0.2) is 108 Å². The SMILES string of the molecule is CCN(CC)CCCNc1nc(NCCCN(CC)CC)nc(Nc2ccc3c(O)c(N=Nc4ccc(N=Nc5ccc(S(=O)(=O)O)cc5)cc4)c(S(=O)(=O)O)cc3c2)n1. The number of hydrogen-bond acceptors (Lipinski definition) is 17. The molecule has 0 saturated heterocycles. The Balaban J connectivity index is 1.35. The molecule has 0 bridgehead atoms. The molecular weight excluding hydrogens is 813 g/mol. The van der Waals surface area contributed by atoms with E-state index in [1.54, 1.807) is 30.3 Å². The first-order chi connectivity index (χ1) is 28.7. The molecule has 0 aliphatic rings. The molecule has 0 atom stereocenters. The highest BCUT2D eigenvalue weighted by Gasteiger charge is 2.22. The van der Waals surface area contributed by atoms with Crippen LogP contribution in [0.3, 0.4) is 0 Å². The molecule has 0 aliphatic heterocycles. The molecule has 320 valence electrons. The molecule has 0 fully saturated rings. The van der Waals surface area contributed by atoms with Gasteiger partial charge in [0.05, 0.1) is 22.0 Å². The number of anilines is 4. The lowest BCUT2D eigenvalue weighted by Gasteiger charge is -2.18. The van der Waals surface area contributed by atoms with Crippen molar-refractivity contribution in [3.63, 3.8) is 0 Å². The van der Waals surface area contributed by atoms with Crippen LogP contribution in [0.5, 0.6) is 5.75 Å². The van der Waals surface area contributed by atoms with Gasteiger partial charge in [-0.2, -0.15) is 47.1 Å². The zero-order chi connectivity index (χ0) is 43.3. The summed E-state index contributed by atoms with van der Waals surface area (Å²) in [5.74, 6) is 0.471. The summed E-state index contributed by atoms with van der Waals surface area (Å²) >= 11 is 0. The first-order valence-electron chi connectivity index (χ1n) is 19.4. The van der Waals surface area contributed by atoms with E-state index in [2.05, 4.69) is 88.9 Å². The molecule has 5 rings (SSSR count). The number of nitrogens with one attached hydrogen (secondary N) is 3. The maximum atomic E-state index is 12.6. The summed E-state index contributed by atoms with van der Waals surface area (Å²) in [5, 5.41) is 37.7. The lowest BCUT2D eigenvalue weighted by atomic mass is 10.1. The van der Waals surface area contributed by atoms with Crippen LogP contribution in [0, 0.1) is 0 Å². The second kappa shape index (κ2) is 21.0. The Morgan fingerprint density at radius 3 is 1.53 bits per heavy atom. The molecule has 0 spiro atoms. The highest BCUT2D eigenvalue weighted by Crippen LogP contribution is 2.42. The molecule has 0 saturated carbocycles. The summed E-state index contributed by atoms with van der Waals surface area (Å²) in [6, 6.07) is 17.3. The number of benzene rings is 4. The van der Waals surface area contributed by atoms with Crippen LogP contribution < -0.4 is 16.0 Å². The number of aromatic nitrogens is 3. The van der Waals surface area contributed by atoms with Crippen molar-refractivity contribution in [2.75, 3.05) is 68.3 Å². The van der Waals surface area contributed by atoms with Crippen LogP contribution in [0.1, 0.15) is 40.5 Å². The Morgan fingerprint density at radius 2 is 1.07 bits per heavy atom. The third kappa shape index (κ3) is 12.9. The summed E-state index contributed by atoms with van der Waals surface area (Å²) in [5.41, 5.74) is 1.00. The summed E-state index contributed by atoms with van der Waals surface area (Å²) < 4.78 is 67.0.